The Morgan fingerprint density at radius 2 is 1.59 bits per heavy atom. The normalized spacial score (nSPS) is 13.2. The molecule has 0 saturated carbocycles. The summed E-state index contributed by atoms with van der Waals surface area (Å²) in [5.41, 5.74) is 1.43. The SMILES string of the molecule is CCC(CC)C(Br)c1cccc2ccccc12. The molecule has 1 atom stereocenters. The van der Waals surface area contributed by atoms with Crippen molar-refractivity contribution in [2.24, 2.45) is 5.92 Å². The Kier molecular flexibility index (Phi) is 4.22. The lowest BCUT2D eigenvalue weighted by Gasteiger charge is -2.21. The predicted molar refractivity (Wildman–Crippen MR) is 79.7 cm³/mol. The standard InChI is InChI=1S/C16H19Br/c1-3-12(4-2)16(17)15-11-7-9-13-8-5-6-10-14(13)15/h5-12,16H,3-4H2,1-2H3. The van der Waals surface area contributed by atoms with Gasteiger partial charge in [0, 0.05) is 4.83 Å². The number of rotatable bonds is 4. The van der Waals surface area contributed by atoms with Crippen molar-refractivity contribution in [2.45, 2.75) is 31.5 Å². The molecule has 1 unspecified atom stereocenters. The lowest BCUT2D eigenvalue weighted by Crippen LogP contribution is -2.05. The zero-order valence-corrected chi connectivity index (χ0v) is 12.1. The molecular formula is C16H19Br. The second-order valence-corrected chi connectivity index (χ2v) is 5.53. The molecule has 17 heavy (non-hydrogen) atoms. The summed E-state index contributed by atoms with van der Waals surface area (Å²) in [5, 5.41) is 2.71. The summed E-state index contributed by atoms with van der Waals surface area (Å²) in [6.07, 6.45) is 2.44. The van der Waals surface area contributed by atoms with Crippen LogP contribution in [-0.2, 0) is 0 Å². The van der Waals surface area contributed by atoms with Crippen molar-refractivity contribution in [2.75, 3.05) is 0 Å². The maximum Gasteiger partial charge on any atom is 0.0429 e. The molecule has 0 radical (unpaired) electrons. The zero-order valence-electron chi connectivity index (χ0n) is 10.5. The van der Waals surface area contributed by atoms with Crippen molar-refractivity contribution in [3.63, 3.8) is 0 Å². The molecule has 0 nitrogen and oxygen atoms in total. The van der Waals surface area contributed by atoms with E-state index in [4.69, 9.17) is 0 Å². The number of fused-ring (bicyclic) bond motifs is 1. The van der Waals surface area contributed by atoms with Gasteiger partial charge in [-0.3, -0.25) is 0 Å². The fourth-order valence-corrected chi connectivity index (χ4v) is 3.59. The Morgan fingerprint density at radius 3 is 2.29 bits per heavy atom. The molecule has 0 aliphatic heterocycles. The minimum atomic E-state index is 0.462. The highest BCUT2D eigenvalue weighted by Crippen LogP contribution is 2.38. The van der Waals surface area contributed by atoms with E-state index < -0.39 is 0 Å². The first-order valence-electron chi connectivity index (χ1n) is 6.39. The first-order valence-corrected chi connectivity index (χ1v) is 7.31. The van der Waals surface area contributed by atoms with Crippen LogP contribution in [0.1, 0.15) is 37.1 Å². The van der Waals surface area contributed by atoms with Crippen LogP contribution < -0.4 is 0 Å². The molecule has 0 bridgehead atoms. The summed E-state index contributed by atoms with van der Waals surface area (Å²) in [5.74, 6) is 0.709. The van der Waals surface area contributed by atoms with Gasteiger partial charge in [-0.25, -0.2) is 0 Å². The molecule has 2 aromatic rings. The fourth-order valence-electron chi connectivity index (χ4n) is 2.45. The van der Waals surface area contributed by atoms with Crippen molar-refractivity contribution in [1.82, 2.24) is 0 Å². The lowest BCUT2D eigenvalue weighted by molar-refractivity contribution is 0.488. The Hall–Kier alpha value is -0.820. The van der Waals surface area contributed by atoms with E-state index in [1.165, 1.54) is 29.2 Å². The van der Waals surface area contributed by atoms with Crippen LogP contribution in [0.3, 0.4) is 0 Å². The van der Waals surface area contributed by atoms with Gasteiger partial charge in [0.15, 0.2) is 0 Å². The average Bonchev–Trinajstić information content (AvgIpc) is 2.39. The molecule has 0 heterocycles. The van der Waals surface area contributed by atoms with E-state index in [9.17, 15) is 0 Å². The van der Waals surface area contributed by atoms with Crippen LogP contribution >= 0.6 is 15.9 Å². The summed E-state index contributed by atoms with van der Waals surface area (Å²) in [7, 11) is 0. The summed E-state index contributed by atoms with van der Waals surface area (Å²) < 4.78 is 0. The fraction of sp³-hybridized carbons (Fsp3) is 0.375. The quantitative estimate of drug-likeness (QED) is 0.633. The van der Waals surface area contributed by atoms with Gasteiger partial charge in [0.1, 0.15) is 0 Å². The highest BCUT2D eigenvalue weighted by atomic mass is 79.9. The van der Waals surface area contributed by atoms with E-state index in [2.05, 4.69) is 72.2 Å². The molecule has 1 heteroatoms. The predicted octanol–water partition coefficient (Wildman–Crippen LogP) is 5.71. The largest absolute Gasteiger partial charge is 0.0836 e. The molecule has 0 aliphatic rings. The molecule has 0 saturated heterocycles. The van der Waals surface area contributed by atoms with E-state index in [0.29, 0.717) is 10.7 Å². The minimum absolute atomic E-state index is 0.462. The zero-order chi connectivity index (χ0) is 12.3. The van der Waals surface area contributed by atoms with E-state index in [0.717, 1.165) is 0 Å². The van der Waals surface area contributed by atoms with E-state index in [1.54, 1.807) is 0 Å². The van der Waals surface area contributed by atoms with Crippen molar-refractivity contribution in [3.05, 3.63) is 48.0 Å². The molecule has 2 rings (SSSR count). The average molecular weight is 291 g/mol. The third-order valence-electron chi connectivity index (χ3n) is 3.58. The van der Waals surface area contributed by atoms with Gasteiger partial charge in [-0.2, -0.15) is 0 Å². The number of hydrogen-bond donors (Lipinski definition) is 0. The van der Waals surface area contributed by atoms with Gasteiger partial charge >= 0.3 is 0 Å². The smallest absolute Gasteiger partial charge is 0.0429 e. The minimum Gasteiger partial charge on any atom is -0.0836 e. The Balaban J connectivity index is 2.47. The van der Waals surface area contributed by atoms with Crippen LogP contribution in [-0.4, -0.2) is 0 Å². The monoisotopic (exact) mass is 290 g/mol. The highest BCUT2D eigenvalue weighted by molar-refractivity contribution is 9.09. The summed E-state index contributed by atoms with van der Waals surface area (Å²) >= 11 is 3.89. The Bertz CT molecular complexity index is 480. The van der Waals surface area contributed by atoms with Gasteiger partial charge in [0.25, 0.3) is 0 Å². The second kappa shape index (κ2) is 5.68. The molecule has 0 N–H and O–H groups in total. The maximum atomic E-state index is 3.89. The van der Waals surface area contributed by atoms with E-state index in [-0.39, 0.29) is 0 Å². The van der Waals surface area contributed by atoms with Gasteiger partial charge in [-0.1, -0.05) is 85.1 Å². The van der Waals surface area contributed by atoms with Gasteiger partial charge in [-0.15, -0.1) is 0 Å². The van der Waals surface area contributed by atoms with Crippen LogP contribution in [0.4, 0.5) is 0 Å². The van der Waals surface area contributed by atoms with Crippen LogP contribution in [0.25, 0.3) is 10.8 Å². The van der Waals surface area contributed by atoms with Crippen LogP contribution in [0.5, 0.6) is 0 Å². The number of hydrogen-bond acceptors (Lipinski definition) is 0. The highest BCUT2D eigenvalue weighted by Gasteiger charge is 2.18. The first kappa shape index (κ1) is 12.6. The van der Waals surface area contributed by atoms with Crippen molar-refractivity contribution in [1.29, 1.82) is 0 Å². The van der Waals surface area contributed by atoms with Gasteiger partial charge in [0.2, 0.25) is 0 Å². The second-order valence-electron chi connectivity index (χ2n) is 4.55. The number of benzene rings is 2. The van der Waals surface area contributed by atoms with Gasteiger partial charge in [-0.05, 0) is 22.3 Å². The maximum absolute atomic E-state index is 3.89. The molecule has 0 spiro atoms. The van der Waals surface area contributed by atoms with Crippen molar-refractivity contribution < 1.29 is 0 Å². The summed E-state index contributed by atoms with van der Waals surface area (Å²) in [4.78, 5) is 0.462. The Labute approximate surface area is 112 Å². The lowest BCUT2D eigenvalue weighted by atomic mass is 9.91. The summed E-state index contributed by atoms with van der Waals surface area (Å²) in [6, 6.07) is 15.2. The van der Waals surface area contributed by atoms with Crippen LogP contribution in [0.15, 0.2) is 42.5 Å². The van der Waals surface area contributed by atoms with Crippen molar-refractivity contribution in [3.8, 4) is 0 Å². The molecule has 0 fully saturated rings. The van der Waals surface area contributed by atoms with Crippen LogP contribution in [0, 0.1) is 5.92 Å². The first-order chi connectivity index (χ1) is 8.27. The topological polar surface area (TPSA) is 0 Å². The Morgan fingerprint density at radius 1 is 0.941 bits per heavy atom. The van der Waals surface area contributed by atoms with Gasteiger partial charge in [0.05, 0.1) is 0 Å². The molecule has 0 amide bonds. The third kappa shape index (κ3) is 2.55. The van der Waals surface area contributed by atoms with Gasteiger partial charge < -0.3 is 0 Å². The van der Waals surface area contributed by atoms with E-state index >= 15 is 0 Å². The summed E-state index contributed by atoms with van der Waals surface area (Å²) in [6.45, 7) is 4.54. The van der Waals surface area contributed by atoms with E-state index in [1.807, 2.05) is 0 Å². The molecular weight excluding hydrogens is 272 g/mol. The van der Waals surface area contributed by atoms with Crippen LogP contribution in [0.2, 0.25) is 0 Å². The van der Waals surface area contributed by atoms with Crippen molar-refractivity contribution >= 4 is 26.7 Å². The number of alkyl halides is 1. The molecule has 90 valence electrons. The molecule has 2 aromatic carbocycles. The molecule has 0 aliphatic carbocycles. The number of halogens is 1. The molecule has 0 aromatic heterocycles. The third-order valence-corrected chi connectivity index (χ3v) is 4.82.